The van der Waals surface area contributed by atoms with Crippen molar-refractivity contribution < 1.29 is 27.9 Å². The topological polar surface area (TPSA) is 108 Å². The molecule has 8 nitrogen and oxygen atoms in total. The van der Waals surface area contributed by atoms with Gasteiger partial charge < -0.3 is 23.6 Å². The molecular formula is C23H16BrNO7. The molecule has 0 saturated carbocycles. The second-order valence-corrected chi connectivity index (χ2v) is 7.54. The van der Waals surface area contributed by atoms with E-state index in [0.29, 0.717) is 16.9 Å². The molecule has 0 unspecified atom stereocenters. The molecule has 0 aliphatic heterocycles. The van der Waals surface area contributed by atoms with Gasteiger partial charge in [-0.2, -0.15) is 0 Å². The minimum Gasteiger partial charge on any atom is -0.482 e. The Kier molecular flexibility index (Phi) is 6.37. The molecule has 0 bridgehead atoms. The van der Waals surface area contributed by atoms with Crippen LogP contribution in [-0.2, 0) is 11.3 Å². The number of carbonyl (C=O) groups is 2. The Balaban J connectivity index is 1.41. The van der Waals surface area contributed by atoms with Crippen LogP contribution >= 0.6 is 15.9 Å². The van der Waals surface area contributed by atoms with Gasteiger partial charge in [0.25, 0.3) is 5.91 Å². The van der Waals surface area contributed by atoms with Crippen molar-refractivity contribution in [2.75, 3.05) is 6.61 Å². The molecule has 32 heavy (non-hydrogen) atoms. The lowest BCUT2D eigenvalue weighted by Gasteiger charge is -2.08. The van der Waals surface area contributed by atoms with Crippen LogP contribution in [0.25, 0.3) is 11.0 Å². The third kappa shape index (κ3) is 5.25. The number of hydrogen-bond donors (Lipinski definition) is 1. The molecule has 4 aromatic rings. The van der Waals surface area contributed by atoms with Crippen molar-refractivity contribution in [1.29, 1.82) is 0 Å². The van der Waals surface area contributed by atoms with E-state index in [9.17, 15) is 14.4 Å². The summed E-state index contributed by atoms with van der Waals surface area (Å²) in [6.07, 6.45) is 1.49. The molecule has 1 amide bonds. The summed E-state index contributed by atoms with van der Waals surface area (Å²) in [5.41, 5.74) is -0.773. The lowest BCUT2D eigenvalue weighted by Crippen LogP contribution is -2.27. The maximum atomic E-state index is 12.3. The minimum atomic E-state index is -0.809. The number of ether oxygens (including phenoxy) is 2. The first-order valence-corrected chi connectivity index (χ1v) is 10.2. The van der Waals surface area contributed by atoms with Crippen molar-refractivity contribution in [3.8, 4) is 11.5 Å². The summed E-state index contributed by atoms with van der Waals surface area (Å²) < 4.78 is 21.9. The largest absolute Gasteiger partial charge is 0.482 e. The van der Waals surface area contributed by atoms with E-state index in [1.165, 1.54) is 24.5 Å². The Hall–Kier alpha value is -3.85. The van der Waals surface area contributed by atoms with Crippen LogP contribution in [0.4, 0.5) is 0 Å². The van der Waals surface area contributed by atoms with Crippen molar-refractivity contribution in [2.45, 2.75) is 6.54 Å². The molecule has 0 aliphatic carbocycles. The second kappa shape index (κ2) is 9.52. The molecule has 1 N–H and O–H groups in total. The average Bonchev–Trinajstić information content (AvgIpc) is 3.30. The van der Waals surface area contributed by atoms with Gasteiger partial charge in [-0.3, -0.25) is 4.79 Å². The lowest BCUT2D eigenvalue weighted by atomic mass is 10.1. The predicted octanol–water partition coefficient (Wildman–Crippen LogP) is 4.06. The number of rotatable bonds is 7. The maximum Gasteiger partial charge on any atom is 0.349 e. The molecule has 0 spiro atoms. The molecule has 0 aliphatic rings. The Morgan fingerprint density at radius 3 is 2.53 bits per heavy atom. The van der Waals surface area contributed by atoms with Gasteiger partial charge in [-0.15, -0.1) is 0 Å². The molecule has 4 rings (SSSR count). The normalized spacial score (nSPS) is 10.7. The van der Waals surface area contributed by atoms with Gasteiger partial charge in [-0.05, 0) is 54.6 Å². The summed E-state index contributed by atoms with van der Waals surface area (Å²) in [6, 6.07) is 16.3. The first kappa shape index (κ1) is 21.4. The van der Waals surface area contributed by atoms with Gasteiger partial charge in [0.2, 0.25) is 0 Å². The van der Waals surface area contributed by atoms with Gasteiger partial charge in [-0.25, -0.2) is 9.59 Å². The lowest BCUT2D eigenvalue weighted by molar-refractivity contribution is -0.136. The summed E-state index contributed by atoms with van der Waals surface area (Å²) >= 11 is 3.32. The van der Waals surface area contributed by atoms with Crippen LogP contribution in [0.5, 0.6) is 11.5 Å². The zero-order valence-electron chi connectivity index (χ0n) is 16.5. The number of halogens is 1. The molecule has 2 heterocycles. The highest BCUT2D eigenvalue weighted by atomic mass is 79.9. The fourth-order valence-electron chi connectivity index (χ4n) is 2.82. The highest BCUT2D eigenvalue weighted by Gasteiger charge is 2.15. The summed E-state index contributed by atoms with van der Waals surface area (Å²) in [7, 11) is 0. The van der Waals surface area contributed by atoms with E-state index >= 15 is 0 Å². The SMILES string of the molecule is O=C(COc1ccc(Br)cc1)Oc1ccc2cc(C(=O)NCc3ccco3)c(=O)oc2c1. The van der Waals surface area contributed by atoms with Gasteiger partial charge in [-0.1, -0.05) is 15.9 Å². The van der Waals surface area contributed by atoms with Crippen molar-refractivity contribution in [3.63, 3.8) is 0 Å². The molecular weight excluding hydrogens is 482 g/mol. The van der Waals surface area contributed by atoms with Gasteiger partial charge >= 0.3 is 11.6 Å². The van der Waals surface area contributed by atoms with Crippen LogP contribution in [0.15, 0.2) is 85.0 Å². The van der Waals surface area contributed by atoms with Crippen molar-refractivity contribution in [3.05, 3.63) is 93.1 Å². The number of nitrogens with one attached hydrogen (secondary N) is 1. The van der Waals surface area contributed by atoms with Crippen LogP contribution < -0.4 is 20.4 Å². The summed E-state index contributed by atoms with van der Waals surface area (Å²) in [5, 5.41) is 3.10. The van der Waals surface area contributed by atoms with Crippen molar-refractivity contribution in [1.82, 2.24) is 5.32 Å². The predicted molar refractivity (Wildman–Crippen MR) is 118 cm³/mol. The second-order valence-electron chi connectivity index (χ2n) is 6.63. The molecule has 2 aromatic carbocycles. The zero-order valence-corrected chi connectivity index (χ0v) is 18.1. The standard InChI is InChI=1S/C23H16BrNO7/c24-15-4-7-16(8-5-15)30-13-21(26)31-17-6-3-14-10-19(23(28)32-20(14)11-17)22(27)25-12-18-2-1-9-29-18/h1-11H,12-13H2,(H,25,27). The highest BCUT2D eigenvalue weighted by Crippen LogP contribution is 2.21. The van der Waals surface area contributed by atoms with E-state index < -0.39 is 17.5 Å². The van der Waals surface area contributed by atoms with E-state index in [4.69, 9.17) is 18.3 Å². The number of furan rings is 1. The summed E-state index contributed by atoms with van der Waals surface area (Å²) in [6.45, 7) is -0.154. The van der Waals surface area contributed by atoms with Crippen LogP contribution in [0.1, 0.15) is 16.1 Å². The zero-order chi connectivity index (χ0) is 22.5. The van der Waals surface area contributed by atoms with E-state index in [1.54, 1.807) is 42.5 Å². The number of fused-ring (bicyclic) bond motifs is 1. The number of esters is 1. The van der Waals surface area contributed by atoms with Gasteiger partial charge in [0.05, 0.1) is 12.8 Å². The van der Waals surface area contributed by atoms with E-state index in [0.717, 1.165) is 4.47 Å². The molecule has 0 radical (unpaired) electrons. The Bertz CT molecular complexity index is 1310. The molecule has 2 aromatic heterocycles. The molecule has 9 heteroatoms. The summed E-state index contributed by atoms with van der Waals surface area (Å²) in [5.74, 6) is 0.0490. The highest BCUT2D eigenvalue weighted by molar-refractivity contribution is 9.10. The van der Waals surface area contributed by atoms with E-state index in [2.05, 4.69) is 21.2 Å². The third-order valence-electron chi connectivity index (χ3n) is 4.36. The number of carbonyl (C=O) groups excluding carboxylic acids is 2. The van der Waals surface area contributed by atoms with E-state index in [-0.39, 0.29) is 30.0 Å². The Morgan fingerprint density at radius 1 is 1.00 bits per heavy atom. The fourth-order valence-corrected chi connectivity index (χ4v) is 3.09. The monoisotopic (exact) mass is 497 g/mol. The van der Waals surface area contributed by atoms with Crippen LogP contribution in [0, 0.1) is 0 Å². The van der Waals surface area contributed by atoms with Crippen LogP contribution in [0.2, 0.25) is 0 Å². The minimum absolute atomic E-state index is 0.139. The maximum absolute atomic E-state index is 12.3. The van der Waals surface area contributed by atoms with Crippen molar-refractivity contribution in [2.24, 2.45) is 0 Å². The number of benzene rings is 2. The number of amides is 1. The Labute approximate surface area is 189 Å². The van der Waals surface area contributed by atoms with Gasteiger partial charge in [0.1, 0.15) is 28.4 Å². The first-order chi connectivity index (χ1) is 15.5. The van der Waals surface area contributed by atoms with Crippen LogP contribution in [-0.4, -0.2) is 18.5 Å². The fraction of sp³-hybridized carbons (Fsp3) is 0.0870. The smallest absolute Gasteiger partial charge is 0.349 e. The molecule has 0 fully saturated rings. The van der Waals surface area contributed by atoms with Gasteiger partial charge in [0.15, 0.2) is 6.61 Å². The third-order valence-corrected chi connectivity index (χ3v) is 4.89. The molecule has 0 atom stereocenters. The summed E-state index contributed by atoms with van der Waals surface area (Å²) in [4.78, 5) is 36.7. The molecule has 162 valence electrons. The first-order valence-electron chi connectivity index (χ1n) is 9.45. The van der Waals surface area contributed by atoms with Gasteiger partial charge in [0, 0.05) is 15.9 Å². The van der Waals surface area contributed by atoms with Crippen LogP contribution in [0.3, 0.4) is 0 Å². The average molecular weight is 498 g/mol. The van der Waals surface area contributed by atoms with Crippen molar-refractivity contribution >= 4 is 38.8 Å². The Morgan fingerprint density at radius 2 is 1.78 bits per heavy atom. The quantitative estimate of drug-likeness (QED) is 0.233. The molecule has 0 saturated heterocycles. The number of hydrogen-bond acceptors (Lipinski definition) is 7. The van der Waals surface area contributed by atoms with E-state index in [1.807, 2.05) is 0 Å².